The van der Waals surface area contributed by atoms with Crippen LogP contribution in [-0.4, -0.2) is 43.1 Å². The first kappa shape index (κ1) is 19.0. The summed E-state index contributed by atoms with van der Waals surface area (Å²) in [6, 6.07) is 5.15. The Balaban J connectivity index is 1.95. The van der Waals surface area contributed by atoms with E-state index in [1.165, 1.54) is 25.9 Å². The van der Waals surface area contributed by atoms with E-state index in [2.05, 4.69) is 4.90 Å². The lowest BCUT2D eigenvalue weighted by Crippen LogP contribution is -2.29. The van der Waals surface area contributed by atoms with Gasteiger partial charge in [0.05, 0.1) is 26.0 Å². The van der Waals surface area contributed by atoms with Gasteiger partial charge in [0, 0.05) is 12.6 Å². The monoisotopic (exact) mass is 371 g/mol. The molecule has 0 atom stereocenters. The number of piperidine rings is 1. The largest absolute Gasteiger partial charge is 0.507 e. The zero-order chi connectivity index (χ0) is 19.2. The van der Waals surface area contributed by atoms with Crippen LogP contribution in [0.5, 0.6) is 17.2 Å². The van der Waals surface area contributed by atoms with Crippen molar-refractivity contribution in [2.75, 3.05) is 27.3 Å². The van der Waals surface area contributed by atoms with Gasteiger partial charge in [-0.1, -0.05) is 6.42 Å². The summed E-state index contributed by atoms with van der Waals surface area (Å²) in [4.78, 5) is 15.0. The Bertz CT molecular complexity index is 804. The Morgan fingerprint density at radius 2 is 1.96 bits per heavy atom. The molecule has 27 heavy (non-hydrogen) atoms. The molecule has 0 radical (unpaired) electrons. The van der Waals surface area contributed by atoms with E-state index in [9.17, 15) is 9.90 Å². The number of rotatable bonds is 7. The van der Waals surface area contributed by atoms with Gasteiger partial charge in [0.15, 0.2) is 5.78 Å². The highest BCUT2D eigenvalue weighted by atomic mass is 16.5. The maximum atomic E-state index is 12.8. The minimum absolute atomic E-state index is 0.0918. The minimum Gasteiger partial charge on any atom is -0.507 e. The topological polar surface area (TPSA) is 72.1 Å². The van der Waals surface area contributed by atoms with Gasteiger partial charge in [0.2, 0.25) is 0 Å². The van der Waals surface area contributed by atoms with E-state index in [-0.39, 0.29) is 22.8 Å². The van der Waals surface area contributed by atoms with Gasteiger partial charge in [-0.3, -0.25) is 9.69 Å². The number of hydrogen-bond donors (Lipinski definition) is 1. The third kappa shape index (κ3) is 4.34. The number of likely N-dealkylation sites (tertiary alicyclic amines) is 1. The van der Waals surface area contributed by atoms with Gasteiger partial charge < -0.3 is 19.0 Å². The second-order valence-corrected chi connectivity index (χ2v) is 6.53. The molecule has 144 valence electrons. The molecule has 1 aliphatic rings. The Hall–Kier alpha value is -2.73. The molecule has 1 aromatic heterocycles. The number of hydrogen-bond acceptors (Lipinski definition) is 6. The number of phenols is 1. The lowest BCUT2D eigenvalue weighted by atomic mass is 10.0. The number of ether oxygens (including phenoxy) is 2. The number of nitrogens with zero attached hydrogens (tertiary/aromatic N) is 1. The fraction of sp³-hybridized carbons (Fsp3) is 0.381. The number of carbonyl (C=O) groups excluding carboxylic acids is 1. The van der Waals surface area contributed by atoms with Crippen molar-refractivity contribution in [3.63, 3.8) is 0 Å². The van der Waals surface area contributed by atoms with Crippen LogP contribution in [0.3, 0.4) is 0 Å². The maximum Gasteiger partial charge on any atom is 0.193 e. The van der Waals surface area contributed by atoms with E-state index >= 15 is 0 Å². The molecule has 6 heteroatoms. The fourth-order valence-electron chi connectivity index (χ4n) is 3.37. The molecule has 1 N–H and O–H groups in total. The van der Waals surface area contributed by atoms with Crippen LogP contribution < -0.4 is 9.47 Å². The van der Waals surface area contributed by atoms with Gasteiger partial charge in [-0.05, 0) is 50.2 Å². The van der Waals surface area contributed by atoms with Crippen LogP contribution in [0, 0.1) is 0 Å². The van der Waals surface area contributed by atoms with Gasteiger partial charge in [-0.25, -0.2) is 0 Å². The Morgan fingerprint density at radius 1 is 1.22 bits per heavy atom. The molecule has 2 aromatic rings. The molecule has 6 nitrogen and oxygen atoms in total. The standard InChI is InChI=1S/C21H25NO5/c1-25-18-13-19(26-2)20(17(23)9-8-15-7-6-12-27-15)21(24)16(18)14-22-10-4-3-5-11-22/h6-9,12-13,24H,3-5,10-11,14H2,1-2H3. The number of phenolic OH excluding ortho intramolecular Hbond substituents is 1. The molecule has 0 unspecified atom stereocenters. The van der Waals surface area contributed by atoms with Crippen LogP contribution in [0.25, 0.3) is 6.08 Å². The number of ketones is 1. The summed E-state index contributed by atoms with van der Waals surface area (Å²) in [7, 11) is 3.01. The SMILES string of the molecule is COc1cc(OC)c(C(=O)C=Cc2ccco2)c(O)c1CN1CCCCC1. The predicted molar refractivity (Wildman–Crippen MR) is 102 cm³/mol. The van der Waals surface area contributed by atoms with E-state index in [4.69, 9.17) is 13.9 Å². The number of allylic oxidation sites excluding steroid dienone is 1. The highest BCUT2D eigenvalue weighted by Gasteiger charge is 2.25. The molecule has 1 aliphatic heterocycles. The minimum atomic E-state index is -0.358. The van der Waals surface area contributed by atoms with Gasteiger partial charge in [-0.15, -0.1) is 0 Å². The normalized spacial score (nSPS) is 15.2. The second-order valence-electron chi connectivity index (χ2n) is 6.53. The van der Waals surface area contributed by atoms with Crippen LogP contribution >= 0.6 is 0 Å². The summed E-state index contributed by atoms with van der Waals surface area (Å²) in [5.41, 5.74) is 0.739. The lowest BCUT2D eigenvalue weighted by Gasteiger charge is -2.28. The van der Waals surface area contributed by atoms with Crippen LogP contribution in [0.2, 0.25) is 0 Å². The Labute approximate surface area is 159 Å². The van der Waals surface area contributed by atoms with Crippen molar-refractivity contribution in [2.45, 2.75) is 25.8 Å². The number of carbonyl (C=O) groups is 1. The number of aromatic hydroxyl groups is 1. The number of benzene rings is 1. The van der Waals surface area contributed by atoms with Crippen molar-refractivity contribution >= 4 is 11.9 Å². The highest BCUT2D eigenvalue weighted by molar-refractivity contribution is 6.10. The Kier molecular flexibility index (Phi) is 6.19. The Morgan fingerprint density at radius 3 is 2.59 bits per heavy atom. The summed E-state index contributed by atoms with van der Waals surface area (Å²) < 4.78 is 16.0. The fourth-order valence-corrected chi connectivity index (χ4v) is 3.37. The van der Waals surface area contributed by atoms with Crippen molar-refractivity contribution in [2.24, 2.45) is 0 Å². The molecular weight excluding hydrogens is 346 g/mol. The van der Waals surface area contributed by atoms with Crippen LogP contribution in [0.4, 0.5) is 0 Å². The van der Waals surface area contributed by atoms with Gasteiger partial charge >= 0.3 is 0 Å². The van der Waals surface area contributed by atoms with Crippen LogP contribution in [0.15, 0.2) is 35.0 Å². The summed E-state index contributed by atoms with van der Waals surface area (Å²) in [6.07, 6.45) is 7.97. The van der Waals surface area contributed by atoms with Gasteiger partial charge in [0.25, 0.3) is 0 Å². The summed E-state index contributed by atoms with van der Waals surface area (Å²) in [5.74, 6) is 0.903. The third-order valence-corrected chi connectivity index (χ3v) is 4.79. The first-order chi connectivity index (χ1) is 13.1. The van der Waals surface area contributed by atoms with Crippen LogP contribution in [-0.2, 0) is 6.54 Å². The van der Waals surface area contributed by atoms with Crippen molar-refractivity contribution in [3.8, 4) is 17.2 Å². The summed E-state index contributed by atoms with van der Waals surface area (Å²) in [6.45, 7) is 2.47. The van der Waals surface area contributed by atoms with Crippen molar-refractivity contribution in [1.29, 1.82) is 0 Å². The van der Waals surface area contributed by atoms with E-state index in [1.807, 2.05) is 0 Å². The van der Waals surface area contributed by atoms with Crippen molar-refractivity contribution < 1.29 is 23.8 Å². The zero-order valence-corrected chi connectivity index (χ0v) is 15.7. The number of methoxy groups -OCH3 is 2. The van der Waals surface area contributed by atoms with E-state index in [1.54, 1.807) is 31.4 Å². The first-order valence-corrected chi connectivity index (χ1v) is 9.09. The molecule has 0 amide bonds. The molecule has 1 fully saturated rings. The average Bonchev–Trinajstić information content (AvgIpc) is 3.21. The molecule has 0 saturated carbocycles. The molecule has 1 aromatic carbocycles. The lowest BCUT2D eigenvalue weighted by molar-refractivity contribution is 0.104. The summed E-state index contributed by atoms with van der Waals surface area (Å²) >= 11 is 0. The van der Waals surface area contributed by atoms with Gasteiger partial charge in [0.1, 0.15) is 28.6 Å². The summed E-state index contributed by atoms with van der Waals surface area (Å²) in [5, 5.41) is 10.9. The third-order valence-electron chi connectivity index (χ3n) is 4.79. The first-order valence-electron chi connectivity index (χ1n) is 9.09. The van der Waals surface area contributed by atoms with Crippen molar-refractivity contribution in [1.82, 2.24) is 4.90 Å². The quantitative estimate of drug-likeness (QED) is 0.588. The van der Waals surface area contributed by atoms with E-state index in [0.29, 0.717) is 23.6 Å². The van der Waals surface area contributed by atoms with E-state index < -0.39 is 0 Å². The molecular formula is C21H25NO5. The second kappa shape index (κ2) is 8.77. The van der Waals surface area contributed by atoms with Gasteiger partial charge in [-0.2, -0.15) is 0 Å². The smallest absolute Gasteiger partial charge is 0.193 e. The molecule has 1 saturated heterocycles. The zero-order valence-electron chi connectivity index (χ0n) is 15.7. The van der Waals surface area contributed by atoms with Crippen LogP contribution in [0.1, 0.15) is 40.9 Å². The maximum absolute atomic E-state index is 12.8. The molecule has 0 spiro atoms. The predicted octanol–water partition coefficient (Wildman–Crippen LogP) is 3.88. The van der Waals surface area contributed by atoms with E-state index in [0.717, 1.165) is 25.9 Å². The average molecular weight is 371 g/mol. The molecule has 0 bridgehead atoms. The molecule has 2 heterocycles. The highest BCUT2D eigenvalue weighted by Crippen LogP contribution is 2.40. The number of furan rings is 1. The van der Waals surface area contributed by atoms with Crippen molar-refractivity contribution in [3.05, 3.63) is 47.4 Å². The molecule has 0 aliphatic carbocycles. The molecule has 3 rings (SSSR count).